The molecule has 8 heterocycles. The topological polar surface area (TPSA) is 138 Å². The Labute approximate surface area is 366 Å². The van der Waals surface area contributed by atoms with Gasteiger partial charge in [-0.2, -0.15) is 0 Å². The van der Waals surface area contributed by atoms with Crippen molar-refractivity contribution in [3.05, 3.63) is 94.4 Å². The summed E-state index contributed by atoms with van der Waals surface area (Å²) in [5.41, 5.74) is 7.76. The molecule has 2 N–H and O–H groups in total. The maximum absolute atomic E-state index is 14.6. The molecule has 15 heteroatoms. The Bertz CT molecular complexity index is 2420. The van der Waals surface area contributed by atoms with Crippen LogP contribution in [-0.2, 0) is 33.9 Å². The van der Waals surface area contributed by atoms with Crippen LogP contribution in [0.25, 0.3) is 16.6 Å². The van der Waals surface area contributed by atoms with E-state index < -0.39 is 23.9 Å². The number of nitrogens with zero attached hydrogens (tertiary/aromatic N) is 7. The molecular weight excluding hydrogens is 805 g/mol. The summed E-state index contributed by atoms with van der Waals surface area (Å²) >= 11 is 0. The van der Waals surface area contributed by atoms with Crippen LogP contribution in [0.1, 0.15) is 116 Å². The smallest absolute Gasteiger partial charge is 0.259 e. The molecule has 10 rings (SSSR count). The summed E-state index contributed by atoms with van der Waals surface area (Å²) < 4.78 is 29.2. The minimum Gasteiger partial charge on any atom is -0.357 e. The maximum atomic E-state index is 14.6. The van der Waals surface area contributed by atoms with Crippen LogP contribution in [0.15, 0.2) is 55.4 Å². The molecule has 3 atom stereocenters. The lowest BCUT2D eigenvalue weighted by molar-refractivity contribution is -0.136. The minimum atomic E-state index is -2.86. The van der Waals surface area contributed by atoms with Crippen LogP contribution in [0.4, 0.5) is 14.7 Å². The highest BCUT2D eigenvalue weighted by atomic mass is 19.3. The van der Waals surface area contributed by atoms with Crippen molar-refractivity contribution < 1.29 is 28.0 Å². The fourth-order valence-electron chi connectivity index (χ4n) is 11.0. The van der Waals surface area contributed by atoms with Gasteiger partial charge in [-0.05, 0) is 85.8 Å². The molecule has 4 aromatic rings. The van der Waals surface area contributed by atoms with Crippen molar-refractivity contribution in [3.63, 3.8) is 0 Å². The predicted octanol–water partition coefficient (Wildman–Crippen LogP) is 6.43. The number of H-pyrrole nitrogens is 1. The summed E-state index contributed by atoms with van der Waals surface area (Å²) in [6.07, 6.45) is 8.60. The first-order chi connectivity index (χ1) is 30.2. The second-order valence-corrected chi connectivity index (χ2v) is 18.3. The van der Waals surface area contributed by atoms with Crippen molar-refractivity contribution in [2.45, 2.75) is 110 Å². The highest BCUT2D eigenvalue weighted by Crippen LogP contribution is 2.44. The number of anilines is 1. The Morgan fingerprint density at radius 1 is 0.952 bits per heavy atom. The summed E-state index contributed by atoms with van der Waals surface area (Å²) in [5.74, 6) is -3.19. The van der Waals surface area contributed by atoms with Crippen LogP contribution in [-0.4, -0.2) is 115 Å². The number of alkyl halides is 2. The van der Waals surface area contributed by atoms with E-state index >= 15 is 0 Å². The van der Waals surface area contributed by atoms with Crippen LogP contribution >= 0.6 is 0 Å². The SMILES string of the molecule is C=C1c2cc3c(cc2C(=O)N1C1CCC(=O)NC1=O)CN(CC(=O)N1CCC2(CC1)CCN(c1ncc(C4c5[nH]c6ccccc6c5C[C@@H](C)N4CC(C)(F)F)cn1)CC2)C3.CC. The van der Waals surface area contributed by atoms with E-state index in [0.29, 0.717) is 61.9 Å². The van der Waals surface area contributed by atoms with E-state index in [9.17, 15) is 28.0 Å². The molecule has 63 heavy (non-hydrogen) atoms. The predicted molar refractivity (Wildman–Crippen MR) is 236 cm³/mol. The molecule has 13 nitrogen and oxygen atoms in total. The van der Waals surface area contributed by atoms with Crippen molar-refractivity contribution in [2.24, 2.45) is 5.41 Å². The number of piperidine rings is 3. The lowest BCUT2D eigenvalue weighted by Gasteiger charge is -2.47. The zero-order valence-electron chi connectivity index (χ0n) is 36.7. The Morgan fingerprint density at radius 2 is 1.60 bits per heavy atom. The van der Waals surface area contributed by atoms with Gasteiger partial charge in [0.05, 0.1) is 19.1 Å². The second kappa shape index (κ2) is 16.5. The summed E-state index contributed by atoms with van der Waals surface area (Å²) in [6, 6.07) is 10.7. The van der Waals surface area contributed by atoms with E-state index in [2.05, 4.69) is 32.7 Å². The molecule has 2 aromatic carbocycles. The van der Waals surface area contributed by atoms with Gasteiger partial charge in [-0.1, -0.05) is 38.6 Å². The Morgan fingerprint density at radius 3 is 2.27 bits per heavy atom. The standard InChI is InChI=1S/C46H51F2N9O4.C2H6/c1-27-18-34-32-6-4-5-7-36(32)51-40(34)41(56(27)26-45(3,47)48)31-21-49-44(50-22-31)55-16-12-46(13-17-55)10-14-54(15-11-46)39(59)25-53-23-29-19-33-28(2)57(37-8-9-38(58)52-42(37)60)43(61)35(33)20-30(29)24-53;1-2/h4-7,19-22,27,37,41,51H,2,8-18,23-26H2,1,3H3,(H,52,58,60);1-2H3/t27-,37?,41?;/m1./s1. The van der Waals surface area contributed by atoms with E-state index in [1.807, 2.05) is 73.3 Å². The Kier molecular flexibility index (Phi) is 11.2. The molecule has 0 bridgehead atoms. The number of fused-ring (bicyclic) bond motifs is 5. The zero-order chi connectivity index (χ0) is 44.4. The van der Waals surface area contributed by atoms with E-state index in [4.69, 9.17) is 9.97 Å². The van der Waals surface area contributed by atoms with Gasteiger partial charge < -0.3 is 14.8 Å². The van der Waals surface area contributed by atoms with Crippen molar-refractivity contribution in [1.82, 2.24) is 39.9 Å². The number of carbonyl (C=O) groups excluding carboxylic acids is 4. The van der Waals surface area contributed by atoms with Gasteiger partial charge in [0, 0.05) is 110 Å². The summed E-state index contributed by atoms with van der Waals surface area (Å²) in [7, 11) is 0. The Hall–Kier alpha value is -5.54. The highest BCUT2D eigenvalue weighted by molar-refractivity contribution is 6.12. The Balaban J connectivity index is 0.00000249. The molecule has 0 aliphatic carbocycles. The average Bonchev–Trinajstić information content (AvgIpc) is 3.91. The monoisotopic (exact) mass is 861 g/mol. The van der Waals surface area contributed by atoms with Crippen LogP contribution in [0.2, 0.25) is 0 Å². The molecule has 0 radical (unpaired) electrons. The molecule has 2 unspecified atom stereocenters. The molecule has 0 saturated carbocycles. The number of hydrogen-bond donors (Lipinski definition) is 2. The quantitative estimate of drug-likeness (QED) is 0.202. The number of nitrogens with one attached hydrogen (secondary N) is 2. The molecule has 4 amide bonds. The normalized spacial score (nSPS) is 23.7. The van der Waals surface area contributed by atoms with E-state index in [1.54, 1.807) is 0 Å². The zero-order valence-corrected chi connectivity index (χ0v) is 36.7. The van der Waals surface area contributed by atoms with Gasteiger partial charge in [0.25, 0.3) is 11.8 Å². The first-order valence-corrected chi connectivity index (χ1v) is 22.6. The number of likely N-dealkylation sites (tertiary alicyclic amines) is 1. The lowest BCUT2D eigenvalue weighted by Crippen LogP contribution is -2.52. The van der Waals surface area contributed by atoms with Crippen LogP contribution in [0.3, 0.4) is 0 Å². The van der Waals surface area contributed by atoms with Gasteiger partial charge in [-0.15, -0.1) is 0 Å². The van der Waals surface area contributed by atoms with Crippen molar-refractivity contribution >= 4 is 46.2 Å². The molecule has 1 spiro atoms. The maximum Gasteiger partial charge on any atom is 0.259 e. The third-order valence-corrected chi connectivity index (χ3v) is 14.3. The first kappa shape index (κ1) is 42.7. The van der Waals surface area contributed by atoms with Crippen LogP contribution in [0.5, 0.6) is 0 Å². The number of carbonyl (C=O) groups is 4. The van der Waals surface area contributed by atoms with Crippen LogP contribution in [0, 0.1) is 5.41 Å². The third-order valence-electron chi connectivity index (χ3n) is 14.3. The first-order valence-electron chi connectivity index (χ1n) is 22.6. The largest absolute Gasteiger partial charge is 0.357 e. The fraction of sp³-hybridized carbons (Fsp3) is 0.500. The number of aromatic amines is 1. The summed E-state index contributed by atoms with van der Waals surface area (Å²) in [5, 5.41) is 3.47. The van der Waals surface area contributed by atoms with Gasteiger partial charge in [0.1, 0.15) is 6.04 Å². The van der Waals surface area contributed by atoms with E-state index in [1.165, 1.54) is 10.5 Å². The van der Waals surface area contributed by atoms with Gasteiger partial charge in [0.15, 0.2) is 0 Å². The van der Waals surface area contributed by atoms with Gasteiger partial charge in [-0.25, -0.2) is 18.7 Å². The number of rotatable bonds is 7. The number of benzene rings is 2. The van der Waals surface area contributed by atoms with E-state index in [-0.39, 0.29) is 48.6 Å². The van der Waals surface area contributed by atoms with Crippen LogP contribution < -0.4 is 10.2 Å². The molecule has 332 valence electrons. The molecule has 6 aliphatic heterocycles. The molecule has 6 aliphatic rings. The molecule has 3 fully saturated rings. The summed E-state index contributed by atoms with van der Waals surface area (Å²) in [4.78, 5) is 74.2. The van der Waals surface area contributed by atoms with Gasteiger partial charge >= 0.3 is 0 Å². The highest BCUT2D eigenvalue weighted by Gasteiger charge is 2.44. The second-order valence-electron chi connectivity index (χ2n) is 18.3. The van der Waals surface area contributed by atoms with E-state index in [0.717, 1.165) is 79.0 Å². The van der Waals surface area contributed by atoms with Crippen molar-refractivity contribution in [1.29, 1.82) is 0 Å². The third kappa shape index (κ3) is 7.91. The van der Waals surface area contributed by atoms with Gasteiger partial charge in [0.2, 0.25) is 23.7 Å². The molecular formula is C48H57F2N9O4. The number of imide groups is 1. The molecule has 2 aromatic heterocycles. The van der Waals surface area contributed by atoms with Crippen molar-refractivity contribution in [3.8, 4) is 0 Å². The fourth-order valence-corrected chi connectivity index (χ4v) is 11.0. The lowest BCUT2D eigenvalue weighted by atomic mass is 9.71. The summed E-state index contributed by atoms with van der Waals surface area (Å²) in [6.45, 7) is 15.3. The molecule has 3 saturated heterocycles. The number of amides is 4. The average molecular weight is 862 g/mol. The number of para-hydroxylation sites is 1. The van der Waals surface area contributed by atoms with Crippen molar-refractivity contribution in [2.75, 3.05) is 44.2 Å². The number of halogens is 2. The number of aromatic nitrogens is 3. The number of hydrogen-bond acceptors (Lipinski definition) is 9. The minimum absolute atomic E-state index is 0.0991. The van der Waals surface area contributed by atoms with Gasteiger partial charge in [-0.3, -0.25) is 39.2 Å².